The van der Waals surface area contributed by atoms with E-state index in [0.29, 0.717) is 18.7 Å². The summed E-state index contributed by atoms with van der Waals surface area (Å²) in [7, 11) is 0. The number of aryl methyl sites for hydroxylation is 1. The summed E-state index contributed by atoms with van der Waals surface area (Å²) in [5.41, 5.74) is 5.62. The first-order valence-electron chi connectivity index (χ1n) is 10.0. The van der Waals surface area contributed by atoms with E-state index in [4.69, 9.17) is 0 Å². The standard InChI is InChI=1S/C25H23FN2O2/c1-17-2-7-20(8-3-17)25(30)28-13-12-21-14-19(6-11-23(21)28)16-27-24(29)15-18-4-9-22(26)10-5-18/h2-11,14H,12-13,15-16H2,1H3,(H,27,29). The number of rotatable bonds is 5. The van der Waals surface area contributed by atoms with Crippen LogP contribution in [0.15, 0.2) is 66.7 Å². The number of benzene rings is 3. The lowest BCUT2D eigenvalue weighted by atomic mass is 10.1. The molecule has 30 heavy (non-hydrogen) atoms. The number of nitrogens with zero attached hydrogens (tertiary/aromatic N) is 1. The molecule has 0 aliphatic carbocycles. The van der Waals surface area contributed by atoms with Gasteiger partial charge in [-0.15, -0.1) is 0 Å². The van der Waals surface area contributed by atoms with E-state index in [9.17, 15) is 14.0 Å². The molecular weight excluding hydrogens is 379 g/mol. The van der Waals surface area contributed by atoms with Crippen molar-refractivity contribution in [3.05, 3.63) is 100 Å². The second-order valence-electron chi connectivity index (χ2n) is 7.62. The average molecular weight is 402 g/mol. The minimum atomic E-state index is -0.313. The summed E-state index contributed by atoms with van der Waals surface area (Å²) < 4.78 is 13.0. The first-order valence-corrected chi connectivity index (χ1v) is 10.0. The number of carbonyl (C=O) groups excluding carboxylic acids is 2. The van der Waals surface area contributed by atoms with Gasteiger partial charge in [0.1, 0.15) is 5.82 Å². The van der Waals surface area contributed by atoms with Crippen molar-refractivity contribution in [2.45, 2.75) is 26.3 Å². The fourth-order valence-electron chi connectivity index (χ4n) is 3.68. The molecule has 0 unspecified atom stereocenters. The van der Waals surface area contributed by atoms with E-state index in [1.54, 1.807) is 12.1 Å². The average Bonchev–Trinajstić information content (AvgIpc) is 3.17. The second kappa shape index (κ2) is 8.49. The minimum Gasteiger partial charge on any atom is -0.352 e. The molecule has 1 heterocycles. The fraction of sp³-hybridized carbons (Fsp3) is 0.200. The van der Waals surface area contributed by atoms with Gasteiger partial charge in [-0.2, -0.15) is 0 Å². The van der Waals surface area contributed by atoms with Crippen LogP contribution in [-0.4, -0.2) is 18.4 Å². The molecule has 0 radical (unpaired) electrons. The van der Waals surface area contributed by atoms with Crippen molar-refractivity contribution in [2.24, 2.45) is 0 Å². The van der Waals surface area contributed by atoms with Gasteiger partial charge in [0, 0.05) is 24.3 Å². The van der Waals surface area contributed by atoms with Crippen molar-refractivity contribution in [1.29, 1.82) is 0 Å². The van der Waals surface area contributed by atoms with Crippen LogP contribution < -0.4 is 10.2 Å². The van der Waals surface area contributed by atoms with Gasteiger partial charge >= 0.3 is 0 Å². The third-order valence-corrected chi connectivity index (χ3v) is 5.35. The molecule has 4 rings (SSSR count). The summed E-state index contributed by atoms with van der Waals surface area (Å²) >= 11 is 0. The molecule has 152 valence electrons. The van der Waals surface area contributed by atoms with Crippen molar-refractivity contribution in [2.75, 3.05) is 11.4 Å². The van der Waals surface area contributed by atoms with Crippen LogP contribution in [0.1, 0.15) is 32.6 Å². The quantitative estimate of drug-likeness (QED) is 0.696. The van der Waals surface area contributed by atoms with Gasteiger partial charge in [-0.05, 0) is 60.4 Å². The van der Waals surface area contributed by atoms with Gasteiger partial charge in [-0.25, -0.2) is 4.39 Å². The highest BCUT2D eigenvalue weighted by Crippen LogP contribution is 2.30. The summed E-state index contributed by atoms with van der Waals surface area (Å²) in [5, 5.41) is 2.91. The number of fused-ring (bicyclic) bond motifs is 1. The van der Waals surface area contributed by atoms with Crippen molar-refractivity contribution in [1.82, 2.24) is 5.32 Å². The maximum absolute atomic E-state index is 13.0. The topological polar surface area (TPSA) is 49.4 Å². The Balaban J connectivity index is 1.38. The Hall–Kier alpha value is -3.47. The van der Waals surface area contributed by atoms with Gasteiger partial charge in [0.15, 0.2) is 0 Å². The highest BCUT2D eigenvalue weighted by molar-refractivity contribution is 6.07. The lowest BCUT2D eigenvalue weighted by Gasteiger charge is -2.18. The van der Waals surface area contributed by atoms with E-state index in [-0.39, 0.29) is 24.1 Å². The van der Waals surface area contributed by atoms with Gasteiger partial charge in [-0.3, -0.25) is 9.59 Å². The number of carbonyl (C=O) groups is 2. The molecule has 0 saturated carbocycles. The van der Waals surface area contributed by atoms with Gasteiger partial charge in [0.05, 0.1) is 6.42 Å². The van der Waals surface area contributed by atoms with E-state index in [1.165, 1.54) is 12.1 Å². The van der Waals surface area contributed by atoms with Crippen molar-refractivity contribution < 1.29 is 14.0 Å². The van der Waals surface area contributed by atoms with Crippen LogP contribution in [-0.2, 0) is 24.2 Å². The summed E-state index contributed by atoms with van der Waals surface area (Å²) in [4.78, 5) is 26.8. The molecule has 3 aromatic rings. The van der Waals surface area contributed by atoms with Crippen molar-refractivity contribution >= 4 is 17.5 Å². The SMILES string of the molecule is Cc1ccc(C(=O)N2CCc3cc(CNC(=O)Cc4ccc(F)cc4)ccc32)cc1. The fourth-order valence-corrected chi connectivity index (χ4v) is 3.68. The molecule has 0 aromatic heterocycles. The molecule has 1 N–H and O–H groups in total. The molecule has 0 atom stereocenters. The number of anilines is 1. The lowest BCUT2D eigenvalue weighted by Crippen LogP contribution is -2.28. The third kappa shape index (κ3) is 4.40. The molecule has 3 aromatic carbocycles. The van der Waals surface area contributed by atoms with Crippen LogP contribution in [0.4, 0.5) is 10.1 Å². The van der Waals surface area contributed by atoms with Crippen LogP contribution in [0.25, 0.3) is 0 Å². The Kier molecular flexibility index (Phi) is 5.61. The zero-order valence-corrected chi connectivity index (χ0v) is 16.8. The number of hydrogen-bond acceptors (Lipinski definition) is 2. The summed E-state index contributed by atoms with van der Waals surface area (Å²) in [5.74, 6) is -0.417. The van der Waals surface area contributed by atoms with Gasteiger partial charge in [-0.1, -0.05) is 42.0 Å². The number of hydrogen-bond donors (Lipinski definition) is 1. The summed E-state index contributed by atoms with van der Waals surface area (Å²) in [6, 6.07) is 19.5. The lowest BCUT2D eigenvalue weighted by molar-refractivity contribution is -0.120. The summed E-state index contributed by atoms with van der Waals surface area (Å²) in [6.07, 6.45) is 1.01. The van der Waals surface area contributed by atoms with Gasteiger partial charge < -0.3 is 10.2 Å². The number of nitrogens with one attached hydrogen (secondary N) is 1. The van der Waals surface area contributed by atoms with Crippen LogP contribution in [0.5, 0.6) is 0 Å². The smallest absolute Gasteiger partial charge is 0.258 e. The Morgan fingerprint density at radius 1 is 0.967 bits per heavy atom. The maximum Gasteiger partial charge on any atom is 0.258 e. The van der Waals surface area contributed by atoms with Crippen LogP contribution in [0, 0.1) is 12.7 Å². The molecule has 0 bridgehead atoms. The minimum absolute atomic E-state index is 0.00843. The largest absolute Gasteiger partial charge is 0.352 e. The monoisotopic (exact) mass is 402 g/mol. The van der Waals surface area contributed by atoms with E-state index < -0.39 is 0 Å². The predicted molar refractivity (Wildman–Crippen MR) is 115 cm³/mol. The first-order chi connectivity index (χ1) is 14.5. The second-order valence-corrected chi connectivity index (χ2v) is 7.62. The van der Waals surface area contributed by atoms with Crippen LogP contribution in [0.2, 0.25) is 0 Å². The van der Waals surface area contributed by atoms with E-state index in [0.717, 1.165) is 34.4 Å². The Bertz CT molecular complexity index is 1080. The molecule has 0 fully saturated rings. The molecule has 1 aliphatic heterocycles. The number of amides is 2. The molecule has 5 heteroatoms. The number of halogens is 1. The van der Waals surface area contributed by atoms with Gasteiger partial charge in [0.25, 0.3) is 5.91 Å². The van der Waals surface area contributed by atoms with E-state index >= 15 is 0 Å². The zero-order valence-electron chi connectivity index (χ0n) is 16.8. The highest BCUT2D eigenvalue weighted by atomic mass is 19.1. The third-order valence-electron chi connectivity index (χ3n) is 5.35. The molecule has 1 aliphatic rings. The zero-order chi connectivity index (χ0) is 21.1. The molecule has 0 saturated heterocycles. The molecule has 0 spiro atoms. The predicted octanol–water partition coefficient (Wildman–Crippen LogP) is 4.20. The van der Waals surface area contributed by atoms with Crippen molar-refractivity contribution in [3.8, 4) is 0 Å². The highest BCUT2D eigenvalue weighted by Gasteiger charge is 2.25. The van der Waals surface area contributed by atoms with Gasteiger partial charge in [0.2, 0.25) is 5.91 Å². The Morgan fingerprint density at radius 3 is 2.40 bits per heavy atom. The maximum atomic E-state index is 13.0. The Labute approximate surface area is 175 Å². The van der Waals surface area contributed by atoms with E-state index in [1.807, 2.05) is 48.2 Å². The molecule has 2 amide bonds. The Morgan fingerprint density at radius 2 is 1.67 bits per heavy atom. The van der Waals surface area contributed by atoms with Crippen molar-refractivity contribution in [3.63, 3.8) is 0 Å². The van der Waals surface area contributed by atoms with E-state index in [2.05, 4.69) is 11.4 Å². The normalized spacial score (nSPS) is 12.5. The summed E-state index contributed by atoms with van der Waals surface area (Å²) in [6.45, 7) is 3.07. The van der Waals surface area contributed by atoms with Crippen LogP contribution in [0.3, 0.4) is 0 Å². The van der Waals surface area contributed by atoms with Crippen LogP contribution >= 0.6 is 0 Å². The first kappa shape index (κ1) is 19.8. The molecular formula is C25H23FN2O2. The molecule has 4 nitrogen and oxygen atoms in total.